The van der Waals surface area contributed by atoms with Crippen molar-refractivity contribution in [1.82, 2.24) is 9.78 Å². The largest absolute Gasteiger partial charge is 0.481 e. The van der Waals surface area contributed by atoms with Gasteiger partial charge < -0.3 is 10.4 Å². The van der Waals surface area contributed by atoms with Gasteiger partial charge in [0, 0.05) is 12.7 Å². The van der Waals surface area contributed by atoms with Crippen LogP contribution < -0.4 is 5.32 Å². The zero-order chi connectivity index (χ0) is 18.1. The third kappa shape index (κ3) is 3.73. The van der Waals surface area contributed by atoms with E-state index in [9.17, 15) is 22.8 Å². The number of aromatic nitrogens is 2. The Kier molecular flexibility index (Phi) is 4.63. The number of benzene rings is 1. The summed E-state index contributed by atoms with van der Waals surface area (Å²) in [7, 11) is 1.40. The molecule has 6 nitrogen and oxygen atoms in total. The summed E-state index contributed by atoms with van der Waals surface area (Å²) in [6.07, 6.45) is -4.53. The average molecular weight is 341 g/mol. The standard InChI is InChI=1S/C15H14F3N3O3/c1-8(14(23)24)13(22)19-10-5-3-9(4-6-10)11-7-12(15(16,17)18)20-21(11)2/h3-8H,1-2H3,(H,19,22)(H,23,24). The van der Waals surface area contributed by atoms with Crippen molar-refractivity contribution in [3.63, 3.8) is 0 Å². The maximum absolute atomic E-state index is 12.7. The highest BCUT2D eigenvalue weighted by atomic mass is 19.4. The van der Waals surface area contributed by atoms with Gasteiger partial charge in [0.05, 0.1) is 5.69 Å². The van der Waals surface area contributed by atoms with Crippen molar-refractivity contribution in [3.05, 3.63) is 36.0 Å². The number of carboxylic acids is 1. The summed E-state index contributed by atoms with van der Waals surface area (Å²) in [5.41, 5.74) is 0.0895. The normalized spacial score (nSPS) is 12.7. The molecule has 0 aliphatic heterocycles. The van der Waals surface area contributed by atoms with Crippen LogP contribution >= 0.6 is 0 Å². The molecule has 1 amide bonds. The molecule has 0 bridgehead atoms. The molecule has 128 valence electrons. The number of amides is 1. The Labute approximate surface area is 134 Å². The Morgan fingerprint density at radius 3 is 2.29 bits per heavy atom. The summed E-state index contributed by atoms with van der Waals surface area (Å²) in [6, 6.07) is 6.90. The predicted molar refractivity (Wildman–Crippen MR) is 79.1 cm³/mol. The Bertz CT molecular complexity index is 767. The van der Waals surface area contributed by atoms with Gasteiger partial charge in [0.2, 0.25) is 5.91 Å². The third-order valence-electron chi connectivity index (χ3n) is 3.38. The molecule has 9 heteroatoms. The lowest BCUT2D eigenvalue weighted by Crippen LogP contribution is -2.26. The predicted octanol–water partition coefficient (Wildman–Crippen LogP) is 2.77. The van der Waals surface area contributed by atoms with Crippen LogP contribution in [0.2, 0.25) is 0 Å². The summed E-state index contributed by atoms with van der Waals surface area (Å²) >= 11 is 0. The van der Waals surface area contributed by atoms with E-state index in [-0.39, 0.29) is 5.69 Å². The molecule has 1 atom stereocenters. The minimum Gasteiger partial charge on any atom is -0.481 e. The molecule has 1 aromatic carbocycles. The fraction of sp³-hybridized carbons (Fsp3) is 0.267. The number of nitrogens with zero attached hydrogens (tertiary/aromatic N) is 2. The van der Waals surface area contributed by atoms with Gasteiger partial charge in [-0.1, -0.05) is 12.1 Å². The van der Waals surface area contributed by atoms with E-state index in [2.05, 4.69) is 10.4 Å². The van der Waals surface area contributed by atoms with Gasteiger partial charge >= 0.3 is 12.1 Å². The second kappa shape index (κ2) is 6.34. The van der Waals surface area contributed by atoms with Crippen molar-refractivity contribution < 1.29 is 27.9 Å². The number of hydrogen-bond donors (Lipinski definition) is 2. The SMILES string of the molecule is CC(C(=O)O)C(=O)Nc1ccc(-c2cc(C(F)(F)F)nn2C)cc1. The number of carbonyl (C=O) groups excluding carboxylic acids is 1. The molecule has 2 rings (SSSR count). The first-order chi connectivity index (χ1) is 11.1. The minimum atomic E-state index is -4.53. The van der Waals surface area contributed by atoms with Crippen molar-refractivity contribution in [2.24, 2.45) is 13.0 Å². The molecular formula is C15H14F3N3O3. The highest BCUT2D eigenvalue weighted by Crippen LogP contribution is 2.31. The number of hydrogen-bond acceptors (Lipinski definition) is 3. The van der Waals surface area contributed by atoms with Crippen molar-refractivity contribution in [3.8, 4) is 11.3 Å². The van der Waals surface area contributed by atoms with Gasteiger partial charge in [-0.3, -0.25) is 14.3 Å². The molecule has 2 N–H and O–H groups in total. The van der Waals surface area contributed by atoms with Gasteiger partial charge in [0.15, 0.2) is 5.69 Å². The summed E-state index contributed by atoms with van der Waals surface area (Å²) in [4.78, 5) is 22.4. The number of carbonyl (C=O) groups is 2. The van der Waals surface area contributed by atoms with Gasteiger partial charge in [-0.15, -0.1) is 0 Å². The monoisotopic (exact) mass is 341 g/mol. The molecule has 0 saturated heterocycles. The van der Waals surface area contributed by atoms with Gasteiger partial charge in [-0.25, -0.2) is 0 Å². The van der Waals surface area contributed by atoms with Crippen LogP contribution in [0.25, 0.3) is 11.3 Å². The molecule has 1 aromatic heterocycles. The molecule has 0 aliphatic carbocycles. The third-order valence-corrected chi connectivity index (χ3v) is 3.38. The number of carboxylic acid groups (broad SMARTS) is 1. The Morgan fingerprint density at radius 1 is 1.25 bits per heavy atom. The van der Waals surface area contributed by atoms with E-state index in [1.54, 1.807) is 0 Å². The molecule has 0 aliphatic rings. The van der Waals surface area contributed by atoms with E-state index in [4.69, 9.17) is 5.11 Å². The lowest BCUT2D eigenvalue weighted by Gasteiger charge is -2.09. The molecular weight excluding hydrogens is 327 g/mol. The number of rotatable bonds is 4. The molecule has 0 fully saturated rings. The Hall–Kier alpha value is -2.84. The van der Waals surface area contributed by atoms with Crippen LogP contribution in [0.4, 0.5) is 18.9 Å². The number of aryl methyl sites for hydroxylation is 1. The molecule has 24 heavy (non-hydrogen) atoms. The van der Waals surface area contributed by atoms with Crippen molar-refractivity contribution >= 4 is 17.6 Å². The number of anilines is 1. The highest BCUT2D eigenvalue weighted by molar-refractivity contribution is 6.03. The van der Waals surface area contributed by atoms with Crippen LogP contribution in [-0.4, -0.2) is 26.8 Å². The number of aliphatic carboxylic acids is 1. The summed E-state index contributed by atoms with van der Waals surface area (Å²) in [5, 5.41) is 14.6. The lowest BCUT2D eigenvalue weighted by molar-refractivity contribution is -0.145. The number of halogens is 3. The van der Waals surface area contributed by atoms with Crippen LogP contribution in [0, 0.1) is 5.92 Å². The van der Waals surface area contributed by atoms with Crippen LogP contribution in [0.15, 0.2) is 30.3 Å². The molecule has 0 radical (unpaired) electrons. The van der Waals surface area contributed by atoms with E-state index >= 15 is 0 Å². The van der Waals surface area contributed by atoms with Crippen LogP contribution in [-0.2, 0) is 22.8 Å². The molecule has 0 saturated carbocycles. The van der Waals surface area contributed by atoms with Crippen molar-refractivity contribution in [2.75, 3.05) is 5.32 Å². The van der Waals surface area contributed by atoms with Crippen LogP contribution in [0.5, 0.6) is 0 Å². The lowest BCUT2D eigenvalue weighted by atomic mass is 10.1. The fourth-order valence-electron chi connectivity index (χ4n) is 1.96. The van der Waals surface area contributed by atoms with E-state index in [1.807, 2.05) is 0 Å². The second-order valence-electron chi connectivity index (χ2n) is 5.16. The smallest absolute Gasteiger partial charge is 0.435 e. The topological polar surface area (TPSA) is 84.2 Å². The molecule has 1 heterocycles. The van der Waals surface area contributed by atoms with Gasteiger partial charge in [-0.05, 0) is 30.7 Å². The average Bonchev–Trinajstić information content (AvgIpc) is 2.89. The maximum atomic E-state index is 12.7. The van der Waals surface area contributed by atoms with E-state index in [1.165, 1.54) is 38.2 Å². The minimum absolute atomic E-state index is 0.263. The first-order valence-corrected chi connectivity index (χ1v) is 6.85. The Morgan fingerprint density at radius 2 is 1.83 bits per heavy atom. The van der Waals surface area contributed by atoms with Crippen LogP contribution in [0.1, 0.15) is 12.6 Å². The summed E-state index contributed by atoms with van der Waals surface area (Å²) in [6.45, 7) is 1.25. The zero-order valence-electron chi connectivity index (χ0n) is 12.8. The number of alkyl halides is 3. The first-order valence-electron chi connectivity index (χ1n) is 6.85. The second-order valence-corrected chi connectivity index (χ2v) is 5.16. The van der Waals surface area contributed by atoms with Crippen LogP contribution in [0.3, 0.4) is 0 Å². The van der Waals surface area contributed by atoms with Gasteiger partial charge in [0.1, 0.15) is 5.92 Å². The summed E-state index contributed by atoms with van der Waals surface area (Å²) < 4.78 is 39.1. The van der Waals surface area contributed by atoms with E-state index in [0.717, 1.165) is 10.7 Å². The number of nitrogens with one attached hydrogen (secondary N) is 1. The molecule has 0 spiro atoms. The van der Waals surface area contributed by atoms with E-state index in [0.29, 0.717) is 11.3 Å². The van der Waals surface area contributed by atoms with Gasteiger partial charge in [0.25, 0.3) is 0 Å². The quantitative estimate of drug-likeness (QED) is 0.838. The first kappa shape index (κ1) is 17.5. The van der Waals surface area contributed by atoms with E-state index < -0.39 is 29.7 Å². The highest BCUT2D eigenvalue weighted by Gasteiger charge is 2.34. The van der Waals surface area contributed by atoms with Crippen molar-refractivity contribution in [2.45, 2.75) is 13.1 Å². The summed E-state index contributed by atoms with van der Waals surface area (Å²) in [5.74, 6) is -3.15. The molecule has 2 aromatic rings. The van der Waals surface area contributed by atoms with Gasteiger partial charge in [-0.2, -0.15) is 18.3 Å². The van der Waals surface area contributed by atoms with Crippen molar-refractivity contribution in [1.29, 1.82) is 0 Å². The Balaban J connectivity index is 2.20. The fourth-order valence-corrected chi connectivity index (χ4v) is 1.96. The maximum Gasteiger partial charge on any atom is 0.435 e. The molecule has 1 unspecified atom stereocenters. The zero-order valence-corrected chi connectivity index (χ0v) is 12.8.